The summed E-state index contributed by atoms with van der Waals surface area (Å²) in [7, 11) is 1.81. The zero-order chi connectivity index (χ0) is 14.1. The number of carbonyl (C=O) groups is 1. The van der Waals surface area contributed by atoms with Crippen LogP contribution in [-0.4, -0.2) is 37.7 Å². The Hall–Kier alpha value is -1.62. The average molecular weight is 265 g/mol. The highest BCUT2D eigenvalue weighted by atomic mass is 16.5. The van der Waals surface area contributed by atoms with Gasteiger partial charge >= 0.3 is 0 Å². The van der Waals surface area contributed by atoms with Gasteiger partial charge in [0.05, 0.1) is 0 Å². The Kier molecular flexibility index (Phi) is 6.89. The highest BCUT2D eigenvalue weighted by Crippen LogP contribution is 2.06. The van der Waals surface area contributed by atoms with Gasteiger partial charge in [-0.1, -0.05) is 13.8 Å². The molecule has 0 saturated carbocycles. The standard InChI is InChI=1S/C14H23N3O2/c1-11(2)10-19-8-4-6-17-14(18)13-9-12(15-3)5-7-16-13/h5,7,9,11H,4,6,8,10H2,1-3H3,(H,15,16)(H,17,18). The van der Waals surface area contributed by atoms with E-state index >= 15 is 0 Å². The molecule has 1 amide bonds. The third-order valence-electron chi connectivity index (χ3n) is 2.48. The molecule has 0 aliphatic heterocycles. The largest absolute Gasteiger partial charge is 0.388 e. The van der Waals surface area contributed by atoms with Crippen LogP contribution in [0.3, 0.4) is 0 Å². The summed E-state index contributed by atoms with van der Waals surface area (Å²) in [6.45, 7) is 6.26. The normalized spacial score (nSPS) is 10.5. The molecule has 0 unspecified atom stereocenters. The van der Waals surface area contributed by atoms with Crippen LogP contribution in [-0.2, 0) is 4.74 Å². The summed E-state index contributed by atoms with van der Waals surface area (Å²) < 4.78 is 5.44. The summed E-state index contributed by atoms with van der Waals surface area (Å²) in [6, 6.07) is 3.54. The highest BCUT2D eigenvalue weighted by Gasteiger charge is 2.06. The lowest BCUT2D eigenvalue weighted by Crippen LogP contribution is -2.26. The number of nitrogens with zero attached hydrogens (tertiary/aromatic N) is 1. The molecular weight excluding hydrogens is 242 g/mol. The van der Waals surface area contributed by atoms with E-state index in [1.165, 1.54) is 0 Å². The second-order valence-electron chi connectivity index (χ2n) is 4.76. The fraction of sp³-hybridized carbons (Fsp3) is 0.571. The van der Waals surface area contributed by atoms with Crippen LogP contribution in [0.2, 0.25) is 0 Å². The zero-order valence-electron chi connectivity index (χ0n) is 11.9. The summed E-state index contributed by atoms with van der Waals surface area (Å²) >= 11 is 0. The monoisotopic (exact) mass is 265 g/mol. The van der Waals surface area contributed by atoms with Gasteiger partial charge in [0.2, 0.25) is 0 Å². The van der Waals surface area contributed by atoms with Crippen molar-refractivity contribution >= 4 is 11.6 Å². The minimum absolute atomic E-state index is 0.152. The quantitative estimate of drug-likeness (QED) is 0.705. The fourth-order valence-corrected chi connectivity index (χ4v) is 1.50. The van der Waals surface area contributed by atoms with Crippen molar-refractivity contribution < 1.29 is 9.53 Å². The minimum Gasteiger partial charge on any atom is -0.388 e. The summed E-state index contributed by atoms with van der Waals surface area (Å²) in [5.41, 5.74) is 1.30. The van der Waals surface area contributed by atoms with E-state index in [2.05, 4.69) is 29.5 Å². The smallest absolute Gasteiger partial charge is 0.269 e. The summed E-state index contributed by atoms with van der Waals surface area (Å²) in [5.74, 6) is 0.393. The first-order valence-electron chi connectivity index (χ1n) is 6.63. The van der Waals surface area contributed by atoms with Crippen molar-refractivity contribution in [3.8, 4) is 0 Å². The molecule has 0 spiro atoms. The van der Waals surface area contributed by atoms with E-state index in [1.807, 2.05) is 13.1 Å². The minimum atomic E-state index is -0.152. The first-order chi connectivity index (χ1) is 9.13. The molecule has 5 heteroatoms. The van der Waals surface area contributed by atoms with Crippen molar-refractivity contribution in [3.05, 3.63) is 24.0 Å². The van der Waals surface area contributed by atoms with Gasteiger partial charge in [-0.3, -0.25) is 9.78 Å². The lowest BCUT2D eigenvalue weighted by Gasteiger charge is -2.08. The molecule has 0 radical (unpaired) electrons. The molecule has 1 aromatic rings. The topological polar surface area (TPSA) is 63.2 Å². The fourth-order valence-electron chi connectivity index (χ4n) is 1.50. The van der Waals surface area contributed by atoms with Crippen molar-refractivity contribution in [2.75, 3.05) is 32.1 Å². The third-order valence-corrected chi connectivity index (χ3v) is 2.48. The second-order valence-corrected chi connectivity index (χ2v) is 4.76. The van der Waals surface area contributed by atoms with Gasteiger partial charge in [0.15, 0.2) is 0 Å². The summed E-state index contributed by atoms with van der Waals surface area (Å²) in [4.78, 5) is 15.9. The van der Waals surface area contributed by atoms with E-state index < -0.39 is 0 Å². The van der Waals surface area contributed by atoms with Gasteiger partial charge in [0.1, 0.15) is 5.69 Å². The Bertz CT molecular complexity index is 394. The number of anilines is 1. The van der Waals surface area contributed by atoms with Crippen LogP contribution in [0.15, 0.2) is 18.3 Å². The molecule has 2 N–H and O–H groups in total. The van der Waals surface area contributed by atoms with Crippen LogP contribution in [0.1, 0.15) is 30.8 Å². The van der Waals surface area contributed by atoms with Gasteiger partial charge in [0, 0.05) is 38.7 Å². The molecule has 1 rings (SSSR count). The van der Waals surface area contributed by atoms with Crippen LogP contribution < -0.4 is 10.6 Å². The molecule has 0 fully saturated rings. The third kappa shape index (κ3) is 6.20. The average Bonchev–Trinajstić information content (AvgIpc) is 2.42. The molecule has 1 aromatic heterocycles. The van der Waals surface area contributed by atoms with Crippen LogP contribution in [0, 0.1) is 5.92 Å². The first-order valence-corrected chi connectivity index (χ1v) is 6.63. The van der Waals surface area contributed by atoms with Crippen LogP contribution in [0.5, 0.6) is 0 Å². The molecule has 19 heavy (non-hydrogen) atoms. The number of hydrogen-bond donors (Lipinski definition) is 2. The molecule has 1 heterocycles. The molecule has 0 aliphatic rings. The lowest BCUT2D eigenvalue weighted by molar-refractivity contribution is 0.0920. The van der Waals surface area contributed by atoms with Gasteiger partial charge in [-0.2, -0.15) is 0 Å². The van der Waals surface area contributed by atoms with E-state index in [-0.39, 0.29) is 5.91 Å². The molecule has 0 atom stereocenters. The van der Waals surface area contributed by atoms with E-state index in [0.717, 1.165) is 18.7 Å². The highest BCUT2D eigenvalue weighted by molar-refractivity contribution is 5.93. The number of amides is 1. The van der Waals surface area contributed by atoms with E-state index in [1.54, 1.807) is 12.3 Å². The van der Waals surface area contributed by atoms with Crippen molar-refractivity contribution in [2.24, 2.45) is 5.92 Å². The van der Waals surface area contributed by atoms with Gasteiger partial charge < -0.3 is 15.4 Å². The molecule has 106 valence electrons. The number of nitrogens with one attached hydrogen (secondary N) is 2. The second kappa shape index (κ2) is 8.48. The van der Waals surface area contributed by atoms with Gasteiger partial charge in [-0.25, -0.2) is 0 Å². The Morgan fingerprint density at radius 3 is 2.95 bits per heavy atom. The van der Waals surface area contributed by atoms with Crippen LogP contribution in [0.25, 0.3) is 0 Å². The van der Waals surface area contributed by atoms with Gasteiger partial charge in [-0.15, -0.1) is 0 Å². The summed E-state index contributed by atoms with van der Waals surface area (Å²) in [5, 5.41) is 5.81. The van der Waals surface area contributed by atoms with Crippen molar-refractivity contribution in [1.82, 2.24) is 10.3 Å². The molecular formula is C14H23N3O2. The molecule has 5 nitrogen and oxygen atoms in total. The van der Waals surface area contributed by atoms with Gasteiger partial charge in [0.25, 0.3) is 5.91 Å². The number of aromatic nitrogens is 1. The number of carbonyl (C=O) groups excluding carboxylic acids is 1. The maximum absolute atomic E-state index is 11.8. The maximum Gasteiger partial charge on any atom is 0.269 e. The predicted octanol–water partition coefficient (Wildman–Crippen LogP) is 1.92. The SMILES string of the molecule is CNc1ccnc(C(=O)NCCCOCC(C)C)c1. The number of pyridine rings is 1. The van der Waals surface area contributed by atoms with Crippen molar-refractivity contribution in [3.63, 3.8) is 0 Å². The zero-order valence-corrected chi connectivity index (χ0v) is 11.9. The number of rotatable bonds is 8. The van der Waals surface area contributed by atoms with Crippen molar-refractivity contribution in [2.45, 2.75) is 20.3 Å². The number of ether oxygens (including phenoxy) is 1. The van der Waals surface area contributed by atoms with Gasteiger partial charge in [-0.05, 0) is 24.5 Å². The molecule has 0 saturated heterocycles. The van der Waals surface area contributed by atoms with E-state index in [9.17, 15) is 4.79 Å². The molecule has 0 bridgehead atoms. The lowest BCUT2D eigenvalue weighted by atomic mass is 10.2. The van der Waals surface area contributed by atoms with E-state index in [0.29, 0.717) is 24.8 Å². The Morgan fingerprint density at radius 1 is 1.47 bits per heavy atom. The summed E-state index contributed by atoms with van der Waals surface area (Å²) in [6.07, 6.45) is 2.43. The predicted molar refractivity (Wildman–Crippen MR) is 76.4 cm³/mol. The first kappa shape index (κ1) is 15.4. The number of hydrogen-bond acceptors (Lipinski definition) is 4. The maximum atomic E-state index is 11.8. The molecule has 0 aromatic carbocycles. The van der Waals surface area contributed by atoms with Crippen molar-refractivity contribution in [1.29, 1.82) is 0 Å². The van der Waals surface area contributed by atoms with Crippen LogP contribution in [0.4, 0.5) is 5.69 Å². The van der Waals surface area contributed by atoms with Crippen LogP contribution >= 0.6 is 0 Å². The Balaban J connectivity index is 2.23. The Labute approximate surface area is 114 Å². The van der Waals surface area contributed by atoms with E-state index in [4.69, 9.17) is 4.74 Å². The molecule has 0 aliphatic carbocycles. The Morgan fingerprint density at radius 2 is 2.26 bits per heavy atom.